The molecule has 0 aromatic heterocycles. The number of hydrogen-bond acceptors (Lipinski definition) is 5. The van der Waals surface area contributed by atoms with Crippen molar-refractivity contribution in [2.45, 2.75) is 43.9 Å². The van der Waals surface area contributed by atoms with Crippen molar-refractivity contribution in [1.82, 2.24) is 5.06 Å². The number of aliphatic imine (C=N–C) groups is 1. The van der Waals surface area contributed by atoms with Gasteiger partial charge in [-0.25, -0.2) is 19.7 Å². The molecule has 2 spiro atoms. The van der Waals surface area contributed by atoms with Crippen molar-refractivity contribution in [3.63, 3.8) is 0 Å². The molecule has 0 saturated heterocycles. The molecule has 0 amide bonds. The van der Waals surface area contributed by atoms with Gasteiger partial charge in [0, 0.05) is 13.5 Å². The number of fused-ring (bicyclic) bond motifs is 2. The van der Waals surface area contributed by atoms with Gasteiger partial charge in [0.25, 0.3) is 0 Å². The SMILES string of the molecule is [C-]#[N+]c1cccc(-c2ccc3c(c2)C2(CC4(CCC(C)C4)O3)N=C(N)N(C)O2)c1. The molecule has 1 fully saturated rings. The fourth-order valence-corrected chi connectivity index (χ4v) is 4.99. The second-order valence-electron chi connectivity index (χ2n) is 8.53. The minimum Gasteiger partial charge on any atom is -0.487 e. The van der Waals surface area contributed by atoms with E-state index < -0.39 is 5.72 Å². The molecule has 2 N–H and O–H groups in total. The number of nitrogens with zero attached hydrogens (tertiary/aromatic N) is 3. The van der Waals surface area contributed by atoms with Gasteiger partial charge in [0.2, 0.25) is 11.7 Å². The van der Waals surface area contributed by atoms with E-state index in [2.05, 4.69) is 17.8 Å². The Kier molecular flexibility index (Phi) is 3.87. The number of benzene rings is 2. The molecule has 29 heavy (non-hydrogen) atoms. The maximum atomic E-state index is 7.29. The van der Waals surface area contributed by atoms with Crippen molar-refractivity contribution in [3.05, 3.63) is 59.4 Å². The summed E-state index contributed by atoms with van der Waals surface area (Å²) in [6, 6.07) is 13.7. The number of rotatable bonds is 1. The van der Waals surface area contributed by atoms with E-state index in [0.717, 1.165) is 41.7 Å². The van der Waals surface area contributed by atoms with Crippen LogP contribution in [0.3, 0.4) is 0 Å². The Bertz CT molecular complexity index is 1060. The van der Waals surface area contributed by atoms with Gasteiger partial charge in [-0.2, -0.15) is 0 Å². The van der Waals surface area contributed by atoms with Crippen molar-refractivity contribution in [3.8, 4) is 16.9 Å². The molecule has 148 valence electrons. The predicted molar refractivity (Wildman–Crippen MR) is 111 cm³/mol. The Labute approximate surface area is 170 Å². The van der Waals surface area contributed by atoms with Gasteiger partial charge in [0.15, 0.2) is 5.69 Å². The summed E-state index contributed by atoms with van der Waals surface area (Å²) in [5.74, 6) is 1.80. The van der Waals surface area contributed by atoms with Gasteiger partial charge in [0.05, 0.1) is 12.1 Å². The molecule has 2 heterocycles. The first-order chi connectivity index (χ1) is 13.9. The molecule has 6 heteroatoms. The molecule has 1 aliphatic carbocycles. The Morgan fingerprint density at radius 3 is 2.76 bits per heavy atom. The van der Waals surface area contributed by atoms with Crippen molar-refractivity contribution in [2.24, 2.45) is 16.6 Å². The van der Waals surface area contributed by atoms with Gasteiger partial charge in [-0.15, -0.1) is 0 Å². The highest BCUT2D eigenvalue weighted by Gasteiger charge is 2.56. The van der Waals surface area contributed by atoms with E-state index in [9.17, 15) is 0 Å². The van der Waals surface area contributed by atoms with Gasteiger partial charge in [-0.1, -0.05) is 31.2 Å². The summed E-state index contributed by atoms with van der Waals surface area (Å²) in [4.78, 5) is 14.6. The first-order valence-corrected chi connectivity index (χ1v) is 10.0. The molecule has 3 unspecified atom stereocenters. The zero-order valence-corrected chi connectivity index (χ0v) is 16.7. The molecule has 2 aliphatic heterocycles. The molecule has 1 saturated carbocycles. The molecule has 2 aromatic carbocycles. The smallest absolute Gasteiger partial charge is 0.222 e. The van der Waals surface area contributed by atoms with Gasteiger partial charge >= 0.3 is 0 Å². The molecule has 0 radical (unpaired) electrons. The Morgan fingerprint density at radius 1 is 1.24 bits per heavy atom. The summed E-state index contributed by atoms with van der Waals surface area (Å²) in [7, 11) is 1.79. The van der Waals surface area contributed by atoms with E-state index in [-0.39, 0.29) is 5.60 Å². The van der Waals surface area contributed by atoms with Crippen LogP contribution in [0.15, 0.2) is 47.5 Å². The average Bonchev–Trinajstić information content (AvgIpc) is 3.20. The molecule has 3 atom stereocenters. The van der Waals surface area contributed by atoms with Gasteiger partial charge < -0.3 is 10.5 Å². The van der Waals surface area contributed by atoms with Crippen LogP contribution in [0.5, 0.6) is 5.75 Å². The second kappa shape index (κ2) is 6.23. The third kappa shape index (κ3) is 2.85. The summed E-state index contributed by atoms with van der Waals surface area (Å²) < 4.78 is 6.59. The summed E-state index contributed by atoms with van der Waals surface area (Å²) in [6.45, 7) is 9.56. The highest BCUT2D eigenvalue weighted by molar-refractivity contribution is 5.79. The van der Waals surface area contributed by atoms with Crippen LogP contribution in [0.2, 0.25) is 0 Å². The minimum atomic E-state index is -0.871. The zero-order valence-electron chi connectivity index (χ0n) is 16.7. The summed E-state index contributed by atoms with van der Waals surface area (Å²) >= 11 is 0. The van der Waals surface area contributed by atoms with Crippen LogP contribution in [0, 0.1) is 12.5 Å². The maximum absolute atomic E-state index is 7.29. The van der Waals surface area contributed by atoms with Crippen LogP contribution in [0.25, 0.3) is 16.0 Å². The van der Waals surface area contributed by atoms with Crippen LogP contribution in [0.1, 0.15) is 38.2 Å². The fraction of sp³-hybridized carbons (Fsp3) is 0.391. The third-order valence-electron chi connectivity index (χ3n) is 6.32. The van der Waals surface area contributed by atoms with E-state index in [1.165, 1.54) is 0 Å². The highest BCUT2D eigenvalue weighted by Crippen LogP contribution is 2.55. The molecular formula is C23H24N4O2. The third-order valence-corrected chi connectivity index (χ3v) is 6.32. The monoisotopic (exact) mass is 388 g/mol. The van der Waals surface area contributed by atoms with Crippen molar-refractivity contribution in [1.29, 1.82) is 0 Å². The van der Waals surface area contributed by atoms with Gasteiger partial charge in [0.1, 0.15) is 11.4 Å². The number of nitrogens with two attached hydrogens (primary N) is 1. The lowest BCUT2D eigenvalue weighted by atomic mass is 9.82. The normalized spacial score (nSPS) is 30.2. The van der Waals surface area contributed by atoms with E-state index in [1.807, 2.05) is 36.4 Å². The number of ether oxygens (including phenoxy) is 1. The van der Waals surface area contributed by atoms with E-state index in [1.54, 1.807) is 12.1 Å². The molecule has 0 bridgehead atoms. The summed E-state index contributed by atoms with van der Waals surface area (Å²) in [5, 5.41) is 1.55. The predicted octanol–water partition coefficient (Wildman–Crippen LogP) is 4.59. The van der Waals surface area contributed by atoms with Crippen LogP contribution in [0.4, 0.5) is 5.69 Å². The molecule has 2 aromatic rings. The second-order valence-corrected chi connectivity index (χ2v) is 8.53. The maximum Gasteiger partial charge on any atom is 0.222 e. The highest BCUT2D eigenvalue weighted by atomic mass is 16.7. The lowest BCUT2D eigenvalue weighted by Gasteiger charge is -2.43. The lowest BCUT2D eigenvalue weighted by Crippen LogP contribution is -2.47. The minimum absolute atomic E-state index is 0.271. The van der Waals surface area contributed by atoms with Crippen LogP contribution < -0.4 is 10.5 Å². The zero-order chi connectivity index (χ0) is 20.2. The average molecular weight is 388 g/mol. The summed E-state index contributed by atoms with van der Waals surface area (Å²) in [5.41, 5.74) is 8.46. The standard InChI is InChI=1S/C23H24N4O2/c1-15-9-10-22(13-15)14-23(26-21(24)27(3)29-23)19-12-17(7-8-20(19)28-22)16-5-4-6-18(11-16)25-2/h4-8,11-12,15H,9-10,13-14H2,1,3H3,(H2,24,26). The quantitative estimate of drug-likeness (QED) is 0.726. The molecule has 5 rings (SSSR count). The Balaban J connectivity index is 1.64. The van der Waals surface area contributed by atoms with E-state index >= 15 is 0 Å². The van der Waals surface area contributed by atoms with Crippen molar-refractivity contribution >= 4 is 11.6 Å². The van der Waals surface area contributed by atoms with Crippen LogP contribution in [-0.4, -0.2) is 23.7 Å². The Hall–Kier alpha value is -3.04. The number of hydrogen-bond donors (Lipinski definition) is 1. The molecular weight excluding hydrogens is 364 g/mol. The topological polar surface area (TPSA) is 64.4 Å². The van der Waals surface area contributed by atoms with E-state index in [4.69, 9.17) is 26.9 Å². The van der Waals surface area contributed by atoms with Crippen LogP contribution >= 0.6 is 0 Å². The largest absolute Gasteiger partial charge is 0.487 e. The van der Waals surface area contributed by atoms with Gasteiger partial charge in [-0.3, -0.25) is 0 Å². The summed E-state index contributed by atoms with van der Waals surface area (Å²) in [6.07, 6.45) is 3.77. The number of guanidine groups is 1. The molecule has 3 aliphatic rings. The Morgan fingerprint density at radius 2 is 2.07 bits per heavy atom. The van der Waals surface area contributed by atoms with Gasteiger partial charge in [-0.05, 0) is 54.5 Å². The van der Waals surface area contributed by atoms with Crippen molar-refractivity contribution in [2.75, 3.05) is 7.05 Å². The lowest BCUT2D eigenvalue weighted by molar-refractivity contribution is -0.203. The first kappa shape index (κ1) is 18.0. The molecule has 6 nitrogen and oxygen atoms in total. The van der Waals surface area contributed by atoms with Crippen LogP contribution in [-0.2, 0) is 10.6 Å². The number of hydroxylamine groups is 2. The van der Waals surface area contributed by atoms with E-state index in [0.29, 0.717) is 24.0 Å². The fourth-order valence-electron chi connectivity index (χ4n) is 4.99. The first-order valence-electron chi connectivity index (χ1n) is 10.0. The van der Waals surface area contributed by atoms with Crippen molar-refractivity contribution < 1.29 is 9.57 Å².